The van der Waals surface area contributed by atoms with Gasteiger partial charge in [-0.25, -0.2) is 9.18 Å². The summed E-state index contributed by atoms with van der Waals surface area (Å²) in [6.07, 6.45) is 0.226. The van der Waals surface area contributed by atoms with Crippen LogP contribution < -0.4 is 4.74 Å². The van der Waals surface area contributed by atoms with Crippen molar-refractivity contribution in [3.63, 3.8) is 0 Å². The molecule has 1 atom stereocenters. The van der Waals surface area contributed by atoms with Gasteiger partial charge in [0.15, 0.2) is 5.75 Å². The molecule has 0 fully saturated rings. The second-order valence-corrected chi connectivity index (χ2v) is 11.6. The van der Waals surface area contributed by atoms with Gasteiger partial charge in [0.05, 0.1) is 21.6 Å². The van der Waals surface area contributed by atoms with E-state index in [4.69, 9.17) is 4.74 Å². The number of halogens is 3. The Bertz CT molecular complexity index is 1230. The lowest BCUT2D eigenvalue weighted by Gasteiger charge is -2.14. The number of hydrogen-bond acceptors (Lipinski definition) is 5. The van der Waals surface area contributed by atoms with Crippen molar-refractivity contribution in [1.29, 1.82) is 0 Å². The third-order valence-electron chi connectivity index (χ3n) is 4.64. The van der Waals surface area contributed by atoms with Crippen molar-refractivity contribution in [1.82, 2.24) is 0 Å². The van der Waals surface area contributed by atoms with Gasteiger partial charge in [0.1, 0.15) is 17.3 Å². The summed E-state index contributed by atoms with van der Waals surface area (Å²) in [7, 11) is -2.05. The van der Waals surface area contributed by atoms with Crippen LogP contribution in [0, 0.1) is 5.82 Å². The Labute approximate surface area is 207 Å². The summed E-state index contributed by atoms with van der Waals surface area (Å²) in [6, 6.07) is 12.2. The van der Waals surface area contributed by atoms with Gasteiger partial charge in [-0.05, 0) is 85.5 Å². The molecule has 174 valence electrons. The van der Waals surface area contributed by atoms with Gasteiger partial charge in [-0.15, -0.1) is 0 Å². The van der Waals surface area contributed by atoms with Crippen LogP contribution in [0.25, 0.3) is 0 Å². The van der Waals surface area contributed by atoms with Crippen molar-refractivity contribution in [3.05, 3.63) is 85.5 Å². The molecule has 0 amide bonds. The summed E-state index contributed by atoms with van der Waals surface area (Å²) < 4.78 is 37.6. The molecule has 0 aliphatic carbocycles. The van der Waals surface area contributed by atoms with E-state index in [1.54, 1.807) is 30.3 Å². The van der Waals surface area contributed by atoms with E-state index in [9.17, 15) is 23.7 Å². The average Bonchev–Trinajstić information content (AvgIpc) is 2.71. The van der Waals surface area contributed by atoms with Crippen molar-refractivity contribution < 1.29 is 33.2 Å². The van der Waals surface area contributed by atoms with Crippen LogP contribution in [0.5, 0.6) is 17.2 Å². The van der Waals surface area contributed by atoms with Crippen LogP contribution in [0.2, 0.25) is 0 Å². The lowest BCUT2D eigenvalue weighted by atomic mass is 10.0. The fourth-order valence-corrected chi connectivity index (χ4v) is 5.49. The molecule has 3 rings (SSSR count). The van der Waals surface area contributed by atoms with E-state index in [2.05, 4.69) is 36.6 Å². The molecule has 1 unspecified atom stereocenters. The summed E-state index contributed by atoms with van der Waals surface area (Å²) in [5, 5.41) is 10.3. The van der Waals surface area contributed by atoms with Crippen LogP contribution in [-0.4, -0.2) is 29.7 Å². The third kappa shape index (κ3) is 6.67. The lowest BCUT2D eigenvalue weighted by molar-refractivity contribution is 0.0595. The average molecular weight is 602 g/mol. The van der Waals surface area contributed by atoms with Crippen LogP contribution in [0.3, 0.4) is 0 Å². The molecule has 0 bridgehead atoms. The molecule has 0 aromatic heterocycles. The van der Waals surface area contributed by atoms with E-state index in [1.165, 1.54) is 32.0 Å². The number of phenolic OH excluding ortho intramolecular Hbond substituents is 1. The topological polar surface area (TPSA) is 93.1 Å². The quantitative estimate of drug-likeness (QED) is 0.233. The molecule has 6 nitrogen and oxygen atoms in total. The first-order chi connectivity index (χ1) is 15.5. The number of methoxy groups -OCH3 is 1. The Morgan fingerprint density at radius 1 is 1.06 bits per heavy atom. The normalized spacial score (nSPS) is 12.8. The number of benzene rings is 3. The minimum atomic E-state index is -3.23. The second kappa shape index (κ2) is 10.4. The van der Waals surface area contributed by atoms with Gasteiger partial charge in [0, 0.05) is 24.8 Å². The number of ether oxygens (including phenoxy) is 2. The zero-order chi connectivity index (χ0) is 24.3. The first-order valence-electron chi connectivity index (χ1n) is 9.60. The van der Waals surface area contributed by atoms with Gasteiger partial charge in [-0.1, -0.05) is 6.07 Å². The fraction of sp³-hybridized carbons (Fsp3) is 0.174. The smallest absolute Gasteiger partial charge is 0.340 e. The molecule has 10 heteroatoms. The van der Waals surface area contributed by atoms with Gasteiger partial charge in [0.25, 0.3) is 0 Å². The summed E-state index contributed by atoms with van der Waals surface area (Å²) in [5.41, 5.74) is 1.54. The Hall–Kier alpha value is -2.19. The molecule has 0 saturated heterocycles. The van der Waals surface area contributed by atoms with Crippen molar-refractivity contribution in [2.45, 2.75) is 12.6 Å². The van der Waals surface area contributed by atoms with Crippen LogP contribution in [0.4, 0.5) is 4.39 Å². The highest BCUT2D eigenvalue weighted by Gasteiger charge is 2.17. The van der Waals surface area contributed by atoms with Gasteiger partial charge in [-0.3, -0.25) is 4.57 Å². The number of hydrogen-bond donors (Lipinski definition) is 2. The van der Waals surface area contributed by atoms with Crippen molar-refractivity contribution in [3.8, 4) is 17.2 Å². The third-order valence-corrected chi connectivity index (χ3v) is 6.77. The number of esters is 1. The molecule has 3 aromatic carbocycles. The van der Waals surface area contributed by atoms with E-state index >= 15 is 0 Å². The number of rotatable bonds is 7. The molecule has 0 radical (unpaired) electrons. The molecule has 33 heavy (non-hydrogen) atoms. The van der Waals surface area contributed by atoms with Crippen LogP contribution in [0.1, 0.15) is 27.0 Å². The molecular formula is C23H20Br2FO6P. The Balaban J connectivity index is 1.85. The number of carbonyl (C=O) groups is 1. The zero-order valence-electron chi connectivity index (χ0n) is 17.6. The monoisotopic (exact) mass is 600 g/mol. The standard InChI is InChI=1S/C23H20Br2FO6P/c1-31-23(28)17-5-3-13(10-20(17)26)7-15-11-16(4-6-21(15)27)32-22-18(24)8-14(9-19(22)25)12-33(2,29)30/h3-6,8-11,27H,7,12H2,1-2H3,(H,29,30). The Kier molecular flexibility index (Phi) is 8.00. The van der Waals surface area contributed by atoms with E-state index in [0.29, 0.717) is 37.1 Å². The zero-order valence-corrected chi connectivity index (χ0v) is 21.7. The highest BCUT2D eigenvalue weighted by molar-refractivity contribution is 9.11. The fourth-order valence-electron chi connectivity index (χ4n) is 3.19. The molecule has 0 aliphatic heterocycles. The number of phenols is 1. The van der Waals surface area contributed by atoms with E-state index in [-0.39, 0.29) is 23.9 Å². The molecular weight excluding hydrogens is 582 g/mol. The molecule has 0 aliphatic rings. The first-order valence-corrected chi connectivity index (χ1v) is 13.5. The van der Waals surface area contributed by atoms with Crippen molar-refractivity contribution in [2.24, 2.45) is 0 Å². The first kappa shape index (κ1) is 25.4. The van der Waals surface area contributed by atoms with Crippen LogP contribution in [-0.2, 0) is 21.9 Å². The van der Waals surface area contributed by atoms with Crippen LogP contribution in [0.15, 0.2) is 57.5 Å². The predicted molar refractivity (Wildman–Crippen MR) is 130 cm³/mol. The van der Waals surface area contributed by atoms with Gasteiger partial charge in [0.2, 0.25) is 7.37 Å². The second-order valence-electron chi connectivity index (χ2n) is 7.47. The van der Waals surface area contributed by atoms with Crippen molar-refractivity contribution >= 4 is 45.2 Å². The Morgan fingerprint density at radius 2 is 1.73 bits per heavy atom. The predicted octanol–water partition coefficient (Wildman–Crippen LogP) is 6.63. The van der Waals surface area contributed by atoms with Crippen LogP contribution >= 0.6 is 39.2 Å². The van der Waals surface area contributed by atoms with Crippen molar-refractivity contribution in [2.75, 3.05) is 13.8 Å². The molecule has 0 heterocycles. The molecule has 0 spiro atoms. The maximum Gasteiger partial charge on any atom is 0.340 e. The highest BCUT2D eigenvalue weighted by atomic mass is 79.9. The summed E-state index contributed by atoms with van der Waals surface area (Å²) in [6.45, 7) is 1.30. The molecule has 3 aromatic rings. The SMILES string of the molecule is COC(=O)c1ccc(Cc2cc(Oc3c(Br)cc(CP(C)(=O)O)cc3Br)ccc2O)cc1F. The molecule has 0 saturated carbocycles. The lowest BCUT2D eigenvalue weighted by Crippen LogP contribution is -2.05. The van der Waals surface area contributed by atoms with Gasteiger partial charge < -0.3 is 19.5 Å². The largest absolute Gasteiger partial charge is 0.508 e. The Morgan fingerprint density at radius 3 is 2.30 bits per heavy atom. The highest BCUT2D eigenvalue weighted by Crippen LogP contribution is 2.44. The van der Waals surface area contributed by atoms with E-state index in [0.717, 1.165) is 0 Å². The number of aromatic hydroxyl groups is 1. The van der Waals surface area contributed by atoms with E-state index < -0.39 is 19.2 Å². The van der Waals surface area contributed by atoms with Gasteiger partial charge >= 0.3 is 5.97 Å². The summed E-state index contributed by atoms with van der Waals surface area (Å²) >= 11 is 6.85. The number of carbonyl (C=O) groups excluding carboxylic acids is 1. The van der Waals surface area contributed by atoms with E-state index in [1.807, 2.05) is 0 Å². The minimum absolute atomic E-state index is 0.00919. The molecule has 2 N–H and O–H groups in total. The summed E-state index contributed by atoms with van der Waals surface area (Å²) in [5.74, 6) is -0.589. The minimum Gasteiger partial charge on any atom is -0.508 e. The maximum atomic E-state index is 14.3. The summed E-state index contributed by atoms with van der Waals surface area (Å²) in [4.78, 5) is 21.2. The van der Waals surface area contributed by atoms with Gasteiger partial charge in [-0.2, -0.15) is 0 Å². The maximum absolute atomic E-state index is 14.3.